The van der Waals surface area contributed by atoms with Gasteiger partial charge in [0.1, 0.15) is 0 Å². The fourth-order valence-electron chi connectivity index (χ4n) is 1.70. The third-order valence-electron chi connectivity index (χ3n) is 2.48. The second kappa shape index (κ2) is 4.21. The van der Waals surface area contributed by atoms with Gasteiger partial charge in [0.25, 0.3) is 0 Å². The Hall–Kier alpha value is -0.120. The van der Waals surface area contributed by atoms with Crippen LogP contribution in [0.2, 0.25) is 0 Å². The van der Waals surface area contributed by atoms with E-state index in [1.807, 2.05) is 0 Å². The van der Waals surface area contributed by atoms with Crippen LogP contribution in [0.25, 0.3) is 0 Å². The summed E-state index contributed by atoms with van der Waals surface area (Å²) in [6.45, 7) is 9.07. The summed E-state index contributed by atoms with van der Waals surface area (Å²) in [7, 11) is 0. The predicted octanol–water partition coefficient (Wildman–Crippen LogP) is 0.443. The van der Waals surface area contributed by atoms with E-state index in [1.165, 1.54) is 0 Å². The predicted molar refractivity (Wildman–Crippen MR) is 50.1 cm³/mol. The van der Waals surface area contributed by atoms with Crippen LogP contribution >= 0.6 is 0 Å². The van der Waals surface area contributed by atoms with Gasteiger partial charge >= 0.3 is 0 Å². The molecule has 1 aliphatic rings. The number of nitrogens with two attached hydrogens (primary N) is 1. The summed E-state index contributed by atoms with van der Waals surface area (Å²) < 4.78 is 5.55. The van der Waals surface area contributed by atoms with Crippen LogP contribution in [-0.4, -0.2) is 42.8 Å². The van der Waals surface area contributed by atoms with Gasteiger partial charge in [0.05, 0.1) is 12.7 Å². The van der Waals surface area contributed by atoms with Crippen molar-refractivity contribution < 1.29 is 4.74 Å². The van der Waals surface area contributed by atoms with Crippen LogP contribution in [0.3, 0.4) is 0 Å². The molecule has 3 nitrogen and oxygen atoms in total. The van der Waals surface area contributed by atoms with Gasteiger partial charge in [0.15, 0.2) is 0 Å². The molecule has 0 aliphatic carbocycles. The molecule has 1 saturated heterocycles. The van der Waals surface area contributed by atoms with Crippen molar-refractivity contribution >= 4 is 0 Å². The van der Waals surface area contributed by atoms with Gasteiger partial charge in [-0.05, 0) is 20.8 Å². The van der Waals surface area contributed by atoms with E-state index < -0.39 is 0 Å². The number of hydrogen-bond donors (Lipinski definition) is 1. The molecule has 0 aromatic rings. The summed E-state index contributed by atoms with van der Waals surface area (Å²) in [5.74, 6) is 0. The molecule has 1 rings (SSSR count). The number of nitrogens with zero attached hydrogens (tertiary/aromatic N) is 1. The third-order valence-corrected chi connectivity index (χ3v) is 2.48. The van der Waals surface area contributed by atoms with Crippen molar-refractivity contribution in [3.05, 3.63) is 0 Å². The molecule has 0 spiro atoms. The highest BCUT2D eigenvalue weighted by atomic mass is 16.5. The van der Waals surface area contributed by atoms with E-state index in [0.717, 1.165) is 13.2 Å². The second-order valence-corrected chi connectivity index (χ2v) is 3.83. The van der Waals surface area contributed by atoms with Crippen molar-refractivity contribution in [3.63, 3.8) is 0 Å². The fourth-order valence-corrected chi connectivity index (χ4v) is 1.70. The Morgan fingerprint density at radius 1 is 1.58 bits per heavy atom. The van der Waals surface area contributed by atoms with E-state index in [1.54, 1.807) is 0 Å². The number of hydrogen-bond acceptors (Lipinski definition) is 3. The fraction of sp³-hybridized carbons (Fsp3) is 1.00. The van der Waals surface area contributed by atoms with Crippen molar-refractivity contribution in [1.82, 2.24) is 4.90 Å². The van der Waals surface area contributed by atoms with E-state index >= 15 is 0 Å². The van der Waals surface area contributed by atoms with Crippen molar-refractivity contribution in [2.75, 3.05) is 19.7 Å². The molecule has 0 aromatic heterocycles. The maximum Gasteiger partial charge on any atom is 0.0824 e. The van der Waals surface area contributed by atoms with E-state index in [9.17, 15) is 0 Å². The van der Waals surface area contributed by atoms with Crippen LogP contribution in [0.1, 0.15) is 20.8 Å². The highest BCUT2D eigenvalue weighted by molar-refractivity contribution is 4.79. The van der Waals surface area contributed by atoms with E-state index in [4.69, 9.17) is 10.5 Å². The molecule has 0 saturated carbocycles. The minimum Gasteiger partial charge on any atom is -0.374 e. The zero-order valence-electron chi connectivity index (χ0n) is 8.29. The summed E-state index contributed by atoms with van der Waals surface area (Å²) in [5.41, 5.74) is 5.56. The molecular weight excluding hydrogens is 152 g/mol. The van der Waals surface area contributed by atoms with Gasteiger partial charge < -0.3 is 10.5 Å². The minimum absolute atomic E-state index is 0.239. The first-order valence-corrected chi connectivity index (χ1v) is 4.72. The Morgan fingerprint density at radius 3 is 2.75 bits per heavy atom. The quantitative estimate of drug-likeness (QED) is 0.657. The molecule has 2 atom stereocenters. The summed E-state index contributed by atoms with van der Waals surface area (Å²) in [5, 5.41) is 0. The van der Waals surface area contributed by atoms with Gasteiger partial charge in [-0.2, -0.15) is 0 Å². The van der Waals surface area contributed by atoms with Crippen LogP contribution in [0.5, 0.6) is 0 Å². The summed E-state index contributed by atoms with van der Waals surface area (Å²) in [6.07, 6.45) is 0.239. The van der Waals surface area contributed by atoms with Crippen LogP contribution in [0.15, 0.2) is 0 Å². The number of morpholine rings is 1. The Morgan fingerprint density at radius 2 is 2.25 bits per heavy atom. The Kier molecular flexibility index (Phi) is 3.50. The van der Waals surface area contributed by atoms with Crippen molar-refractivity contribution in [2.24, 2.45) is 5.73 Å². The zero-order valence-corrected chi connectivity index (χ0v) is 8.29. The van der Waals surface area contributed by atoms with Gasteiger partial charge in [0, 0.05) is 25.2 Å². The number of rotatable bonds is 2. The van der Waals surface area contributed by atoms with Gasteiger partial charge in [-0.3, -0.25) is 4.90 Å². The maximum atomic E-state index is 5.56. The normalized spacial score (nSPS) is 32.8. The minimum atomic E-state index is 0.239. The smallest absolute Gasteiger partial charge is 0.0824 e. The van der Waals surface area contributed by atoms with E-state index in [-0.39, 0.29) is 6.10 Å². The van der Waals surface area contributed by atoms with Gasteiger partial charge in [-0.25, -0.2) is 0 Å². The van der Waals surface area contributed by atoms with Crippen LogP contribution in [-0.2, 0) is 4.74 Å². The second-order valence-electron chi connectivity index (χ2n) is 3.83. The highest BCUT2D eigenvalue weighted by Gasteiger charge is 2.26. The van der Waals surface area contributed by atoms with E-state index in [2.05, 4.69) is 25.7 Å². The summed E-state index contributed by atoms with van der Waals surface area (Å²) >= 11 is 0. The SMILES string of the molecule is CC(C)N1CC(CN)OCC1C. The molecule has 0 bridgehead atoms. The molecule has 0 radical (unpaired) electrons. The van der Waals surface area contributed by atoms with Crippen LogP contribution in [0.4, 0.5) is 0 Å². The summed E-state index contributed by atoms with van der Waals surface area (Å²) in [6, 6.07) is 1.13. The molecule has 12 heavy (non-hydrogen) atoms. The highest BCUT2D eigenvalue weighted by Crippen LogP contribution is 2.13. The number of ether oxygens (including phenoxy) is 1. The zero-order chi connectivity index (χ0) is 9.14. The van der Waals surface area contributed by atoms with Crippen LogP contribution in [0, 0.1) is 0 Å². The summed E-state index contributed by atoms with van der Waals surface area (Å²) in [4.78, 5) is 2.45. The maximum absolute atomic E-state index is 5.56. The monoisotopic (exact) mass is 172 g/mol. The van der Waals surface area contributed by atoms with Crippen molar-refractivity contribution in [2.45, 2.75) is 39.0 Å². The first-order chi connectivity index (χ1) is 5.65. The molecule has 1 aliphatic heterocycles. The van der Waals surface area contributed by atoms with E-state index in [0.29, 0.717) is 18.6 Å². The van der Waals surface area contributed by atoms with Gasteiger partial charge in [-0.15, -0.1) is 0 Å². The lowest BCUT2D eigenvalue weighted by molar-refractivity contribution is -0.0645. The Bertz CT molecular complexity index is 138. The molecule has 0 amide bonds. The molecule has 1 heterocycles. The topological polar surface area (TPSA) is 38.5 Å². The molecule has 72 valence electrons. The standard InChI is InChI=1S/C9H20N2O/c1-7(2)11-5-9(4-10)12-6-8(11)3/h7-9H,4-6,10H2,1-3H3. The molecular formula is C9H20N2O. The van der Waals surface area contributed by atoms with Crippen molar-refractivity contribution in [3.8, 4) is 0 Å². The largest absolute Gasteiger partial charge is 0.374 e. The molecule has 3 heteroatoms. The molecule has 1 fully saturated rings. The average molecular weight is 172 g/mol. The van der Waals surface area contributed by atoms with Gasteiger partial charge in [-0.1, -0.05) is 0 Å². The lowest BCUT2D eigenvalue weighted by Gasteiger charge is -2.40. The average Bonchev–Trinajstić information content (AvgIpc) is 2.05. The lowest BCUT2D eigenvalue weighted by Crippen LogP contribution is -2.53. The third kappa shape index (κ3) is 2.19. The first kappa shape index (κ1) is 9.96. The Balaban J connectivity index is 2.47. The first-order valence-electron chi connectivity index (χ1n) is 4.72. The van der Waals surface area contributed by atoms with Crippen molar-refractivity contribution in [1.29, 1.82) is 0 Å². The lowest BCUT2D eigenvalue weighted by atomic mass is 10.1. The molecule has 2 N–H and O–H groups in total. The molecule has 2 unspecified atom stereocenters. The van der Waals surface area contributed by atoms with Gasteiger partial charge in [0.2, 0.25) is 0 Å². The van der Waals surface area contributed by atoms with Crippen LogP contribution < -0.4 is 5.73 Å². The Labute approximate surface area is 74.9 Å². The molecule has 0 aromatic carbocycles.